The standard InChI is InChI=1S/C41H75NO8/c1-6-8-10-12-14-16-17-18-19-20-21-22-23-24-26-28-30-32-39(44)50-37(36-49-41(40(45)46)47-34-33-42(3,4)5)35-48-38(43)31-29-27-25-15-13-11-9-7-2/h14,16,18-19,37,41H,6-13,15,17,20-36H2,1-5H3/b16-14-,19-18-. The fourth-order valence-electron chi connectivity index (χ4n) is 5.27. The molecule has 0 bridgehead atoms. The molecule has 292 valence electrons. The Kier molecular flexibility index (Phi) is 32.4. The summed E-state index contributed by atoms with van der Waals surface area (Å²) in [5.41, 5.74) is 0. The SMILES string of the molecule is CCCCC/C=C\C/C=C\CCCCCCCCCC(=O)OC(COC(=O)CCCCCCCCCC)COC(OCC[N+](C)(C)C)C(=O)[O-]. The van der Waals surface area contributed by atoms with Crippen molar-refractivity contribution in [3.05, 3.63) is 24.3 Å². The molecule has 9 heteroatoms. The second-order valence-corrected chi connectivity index (χ2v) is 14.6. The number of quaternary nitrogens is 1. The summed E-state index contributed by atoms with van der Waals surface area (Å²) < 4.78 is 22.4. The average molecular weight is 710 g/mol. The Morgan fingerprint density at radius 2 is 1.08 bits per heavy atom. The first-order valence-electron chi connectivity index (χ1n) is 20.0. The van der Waals surface area contributed by atoms with Gasteiger partial charge in [-0.15, -0.1) is 0 Å². The van der Waals surface area contributed by atoms with Crippen molar-refractivity contribution in [2.75, 3.05) is 47.5 Å². The number of carboxylic acids is 1. The van der Waals surface area contributed by atoms with Gasteiger partial charge in [-0.2, -0.15) is 0 Å². The van der Waals surface area contributed by atoms with E-state index in [0.29, 0.717) is 23.9 Å². The lowest BCUT2D eigenvalue weighted by Crippen LogP contribution is -2.44. The van der Waals surface area contributed by atoms with E-state index in [4.69, 9.17) is 18.9 Å². The minimum Gasteiger partial charge on any atom is -0.545 e. The second kappa shape index (κ2) is 33.9. The lowest BCUT2D eigenvalue weighted by atomic mass is 10.1. The highest BCUT2D eigenvalue weighted by Gasteiger charge is 2.21. The predicted molar refractivity (Wildman–Crippen MR) is 200 cm³/mol. The van der Waals surface area contributed by atoms with Gasteiger partial charge in [0.25, 0.3) is 0 Å². The number of aliphatic carboxylic acids is 1. The minimum atomic E-state index is -1.62. The molecular formula is C41H75NO8. The highest BCUT2D eigenvalue weighted by molar-refractivity contribution is 5.70. The summed E-state index contributed by atoms with van der Waals surface area (Å²) in [6, 6.07) is 0. The van der Waals surface area contributed by atoms with Crippen molar-refractivity contribution < 1.29 is 42.9 Å². The molecule has 0 aromatic heterocycles. The zero-order valence-corrected chi connectivity index (χ0v) is 32.8. The molecule has 9 nitrogen and oxygen atoms in total. The maximum absolute atomic E-state index is 12.7. The summed E-state index contributed by atoms with van der Waals surface area (Å²) in [7, 11) is 5.89. The molecule has 0 aliphatic heterocycles. The molecule has 0 fully saturated rings. The van der Waals surface area contributed by atoms with Gasteiger partial charge in [0.15, 0.2) is 12.4 Å². The van der Waals surface area contributed by atoms with Gasteiger partial charge in [0.05, 0.1) is 40.3 Å². The van der Waals surface area contributed by atoms with Crippen molar-refractivity contribution in [1.29, 1.82) is 0 Å². The fourth-order valence-corrected chi connectivity index (χ4v) is 5.27. The summed E-state index contributed by atoms with van der Waals surface area (Å²) in [6.07, 6.45) is 30.7. The Hall–Kier alpha value is -2.23. The van der Waals surface area contributed by atoms with Crippen LogP contribution in [0.3, 0.4) is 0 Å². The predicted octanol–water partition coefficient (Wildman–Crippen LogP) is 8.38. The fraction of sp³-hybridized carbons (Fsp3) is 0.829. The van der Waals surface area contributed by atoms with Crippen LogP contribution in [0.15, 0.2) is 24.3 Å². The molecule has 0 N–H and O–H groups in total. The van der Waals surface area contributed by atoms with Gasteiger partial charge in [-0.1, -0.05) is 128 Å². The molecule has 50 heavy (non-hydrogen) atoms. The molecule has 0 rings (SSSR count). The molecule has 0 aromatic rings. The first-order valence-corrected chi connectivity index (χ1v) is 20.0. The number of esters is 2. The lowest BCUT2D eigenvalue weighted by molar-refractivity contribution is -0.870. The third-order valence-electron chi connectivity index (χ3n) is 8.45. The van der Waals surface area contributed by atoms with E-state index < -0.39 is 24.3 Å². The van der Waals surface area contributed by atoms with Crippen molar-refractivity contribution in [3.8, 4) is 0 Å². The second-order valence-electron chi connectivity index (χ2n) is 14.6. The van der Waals surface area contributed by atoms with Gasteiger partial charge < -0.3 is 33.3 Å². The number of ether oxygens (including phenoxy) is 4. The maximum atomic E-state index is 12.7. The minimum absolute atomic E-state index is 0.147. The number of nitrogens with zero attached hydrogens (tertiary/aromatic N) is 1. The van der Waals surface area contributed by atoms with Crippen molar-refractivity contribution in [2.24, 2.45) is 0 Å². The number of carboxylic acid groups (broad SMARTS) is 1. The highest BCUT2D eigenvalue weighted by Crippen LogP contribution is 2.13. The monoisotopic (exact) mass is 710 g/mol. The third-order valence-corrected chi connectivity index (χ3v) is 8.45. The number of carbonyl (C=O) groups excluding carboxylic acids is 3. The van der Waals surface area contributed by atoms with Crippen LogP contribution < -0.4 is 5.11 Å². The largest absolute Gasteiger partial charge is 0.545 e. The maximum Gasteiger partial charge on any atom is 0.306 e. The van der Waals surface area contributed by atoms with Crippen LogP contribution in [0.4, 0.5) is 0 Å². The van der Waals surface area contributed by atoms with E-state index in [-0.39, 0.29) is 32.2 Å². The number of hydrogen-bond acceptors (Lipinski definition) is 8. The van der Waals surface area contributed by atoms with Crippen LogP contribution in [-0.2, 0) is 33.3 Å². The molecule has 0 saturated carbocycles. The molecule has 0 heterocycles. The molecule has 0 aliphatic carbocycles. The summed E-state index contributed by atoms with van der Waals surface area (Å²) in [5.74, 6) is -2.30. The molecule has 2 unspecified atom stereocenters. The van der Waals surface area contributed by atoms with Crippen LogP contribution in [0.1, 0.15) is 162 Å². The number of allylic oxidation sites excluding steroid dienone is 4. The van der Waals surface area contributed by atoms with E-state index >= 15 is 0 Å². The molecule has 0 amide bonds. The van der Waals surface area contributed by atoms with Gasteiger partial charge in [0.2, 0.25) is 0 Å². The Labute approximate surface area is 306 Å². The zero-order valence-electron chi connectivity index (χ0n) is 32.8. The number of hydrogen-bond donors (Lipinski definition) is 0. The van der Waals surface area contributed by atoms with E-state index in [0.717, 1.165) is 51.4 Å². The van der Waals surface area contributed by atoms with Crippen LogP contribution in [0.5, 0.6) is 0 Å². The molecule has 0 spiro atoms. The van der Waals surface area contributed by atoms with Crippen LogP contribution in [-0.4, -0.2) is 82.3 Å². The Morgan fingerprint density at radius 1 is 0.600 bits per heavy atom. The van der Waals surface area contributed by atoms with Crippen molar-refractivity contribution >= 4 is 17.9 Å². The van der Waals surface area contributed by atoms with Gasteiger partial charge >= 0.3 is 11.9 Å². The van der Waals surface area contributed by atoms with E-state index in [1.807, 2.05) is 21.1 Å². The summed E-state index contributed by atoms with van der Waals surface area (Å²) in [6.45, 7) is 4.66. The molecule has 0 aliphatic rings. The quantitative estimate of drug-likeness (QED) is 0.0210. The summed E-state index contributed by atoms with van der Waals surface area (Å²) in [5, 5.41) is 11.6. The normalized spacial score (nSPS) is 13.2. The number of carbonyl (C=O) groups is 3. The van der Waals surface area contributed by atoms with Gasteiger partial charge in [-0.05, 0) is 44.9 Å². The van der Waals surface area contributed by atoms with Crippen LogP contribution in [0, 0.1) is 0 Å². The molecular weight excluding hydrogens is 634 g/mol. The average Bonchev–Trinajstić information content (AvgIpc) is 3.06. The topological polar surface area (TPSA) is 111 Å². The number of likely N-dealkylation sites (N-methyl/N-ethyl adjacent to an activating group) is 1. The smallest absolute Gasteiger partial charge is 0.306 e. The Morgan fingerprint density at radius 3 is 1.62 bits per heavy atom. The summed E-state index contributed by atoms with van der Waals surface area (Å²) in [4.78, 5) is 36.7. The van der Waals surface area contributed by atoms with Gasteiger partial charge in [-0.3, -0.25) is 9.59 Å². The molecule has 2 atom stereocenters. The van der Waals surface area contributed by atoms with Crippen LogP contribution >= 0.6 is 0 Å². The summed E-state index contributed by atoms with van der Waals surface area (Å²) >= 11 is 0. The van der Waals surface area contributed by atoms with Crippen LogP contribution in [0.25, 0.3) is 0 Å². The van der Waals surface area contributed by atoms with Gasteiger partial charge in [-0.25, -0.2) is 0 Å². The van der Waals surface area contributed by atoms with E-state index in [9.17, 15) is 19.5 Å². The first kappa shape index (κ1) is 47.8. The van der Waals surface area contributed by atoms with E-state index in [2.05, 4.69) is 38.2 Å². The van der Waals surface area contributed by atoms with Crippen LogP contribution in [0.2, 0.25) is 0 Å². The van der Waals surface area contributed by atoms with Crippen molar-refractivity contribution in [2.45, 2.75) is 174 Å². The van der Waals surface area contributed by atoms with E-state index in [1.165, 1.54) is 77.0 Å². The van der Waals surface area contributed by atoms with E-state index in [1.54, 1.807) is 0 Å². The van der Waals surface area contributed by atoms with Crippen molar-refractivity contribution in [1.82, 2.24) is 0 Å². The highest BCUT2D eigenvalue weighted by atomic mass is 16.7. The zero-order chi connectivity index (χ0) is 37.1. The Balaban J connectivity index is 4.46. The molecule has 0 saturated heterocycles. The van der Waals surface area contributed by atoms with Gasteiger partial charge in [0, 0.05) is 12.8 Å². The third kappa shape index (κ3) is 34.2. The van der Waals surface area contributed by atoms with Gasteiger partial charge in [0.1, 0.15) is 13.2 Å². The first-order chi connectivity index (χ1) is 24.1. The number of unbranched alkanes of at least 4 members (excludes halogenated alkanes) is 17. The Bertz CT molecular complexity index is 882. The number of rotatable bonds is 36. The van der Waals surface area contributed by atoms with Crippen molar-refractivity contribution in [3.63, 3.8) is 0 Å². The lowest BCUT2D eigenvalue weighted by Gasteiger charge is -2.26. The molecule has 0 aromatic carbocycles. The molecule has 0 radical (unpaired) electrons.